The van der Waals surface area contributed by atoms with Crippen LogP contribution in [0.1, 0.15) is 26.5 Å². The lowest BCUT2D eigenvalue weighted by Gasteiger charge is -2.04. The molecule has 0 aliphatic rings. The maximum absolute atomic E-state index is 12.4. The van der Waals surface area contributed by atoms with Gasteiger partial charge >= 0.3 is 0 Å². The number of hydrogen-bond acceptors (Lipinski definition) is 5. The second-order valence-electron chi connectivity index (χ2n) is 5.45. The zero-order chi connectivity index (χ0) is 16.9. The normalized spacial score (nSPS) is 10.4. The summed E-state index contributed by atoms with van der Waals surface area (Å²) in [5.41, 5.74) is 2.89. The molecular formula is C18H18N4OS. The largest absolute Gasteiger partial charge is 0.347 e. The molecule has 0 saturated heterocycles. The van der Waals surface area contributed by atoms with Crippen molar-refractivity contribution >= 4 is 28.2 Å². The van der Waals surface area contributed by atoms with E-state index in [0.29, 0.717) is 22.2 Å². The van der Waals surface area contributed by atoms with Crippen LogP contribution in [0.2, 0.25) is 0 Å². The highest BCUT2D eigenvalue weighted by Gasteiger charge is 2.15. The fraction of sp³-hybridized carbons (Fsp3) is 0.167. The zero-order valence-electron chi connectivity index (χ0n) is 13.5. The minimum atomic E-state index is -0.112. The van der Waals surface area contributed by atoms with Gasteiger partial charge in [-0.2, -0.15) is 0 Å². The van der Waals surface area contributed by atoms with E-state index in [1.165, 1.54) is 11.3 Å². The van der Waals surface area contributed by atoms with E-state index in [0.717, 1.165) is 16.9 Å². The molecule has 0 spiro atoms. The molecule has 0 aliphatic carbocycles. The molecule has 122 valence electrons. The highest BCUT2D eigenvalue weighted by molar-refractivity contribution is 7.17. The van der Waals surface area contributed by atoms with E-state index < -0.39 is 0 Å². The fourth-order valence-electron chi connectivity index (χ4n) is 2.23. The number of pyridine rings is 1. The number of nitrogens with one attached hydrogen (secondary N) is 2. The van der Waals surface area contributed by atoms with Crippen molar-refractivity contribution in [3.63, 3.8) is 0 Å². The molecule has 0 atom stereocenters. The molecule has 2 heterocycles. The van der Waals surface area contributed by atoms with Crippen LogP contribution < -0.4 is 10.6 Å². The summed E-state index contributed by atoms with van der Waals surface area (Å²) in [5.74, 6) is 0.610. The second kappa shape index (κ2) is 7.23. The van der Waals surface area contributed by atoms with Crippen LogP contribution in [0.25, 0.3) is 0 Å². The number of rotatable bonds is 5. The van der Waals surface area contributed by atoms with E-state index in [1.807, 2.05) is 56.3 Å². The maximum Gasteiger partial charge on any atom is 0.263 e. The highest BCUT2D eigenvalue weighted by Crippen LogP contribution is 2.25. The first-order valence-corrected chi connectivity index (χ1v) is 8.43. The average molecular weight is 338 g/mol. The molecule has 2 N–H and O–H groups in total. The standard InChI is InChI=1S/C18H18N4OS/c1-12-8-9-19-15(10-12)22-18-21-13(2)16(24-18)17(23)20-11-14-6-4-3-5-7-14/h3-10H,11H2,1-2H3,(H,20,23)(H,19,21,22). The third kappa shape index (κ3) is 3.97. The van der Waals surface area contributed by atoms with Crippen LogP contribution in [0.4, 0.5) is 10.9 Å². The van der Waals surface area contributed by atoms with Gasteiger partial charge in [-0.25, -0.2) is 9.97 Å². The summed E-state index contributed by atoms with van der Waals surface area (Å²) < 4.78 is 0. The van der Waals surface area contributed by atoms with Crippen molar-refractivity contribution < 1.29 is 4.79 Å². The number of nitrogens with zero attached hydrogens (tertiary/aromatic N) is 2. The Hall–Kier alpha value is -2.73. The summed E-state index contributed by atoms with van der Waals surface area (Å²) in [6.45, 7) is 4.34. The first-order valence-electron chi connectivity index (χ1n) is 7.61. The minimum absolute atomic E-state index is 0.112. The molecular weight excluding hydrogens is 320 g/mol. The first kappa shape index (κ1) is 16.1. The van der Waals surface area contributed by atoms with E-state index in [4.69, 9.17) is 0 Å². The molecule has 0 radical (unpaired) electrons. The van der Waals surface area contributed by atoms with Gasteiger partial charge in [0.1, 0.15) is 10.7 Å². The lowest BCUT2D eigenvalue weighted by molar-refractivity contribution is 0.0954. The molecule has 2 aromatic heterocycles. The topological polar surface area (TPSA) is 66.9 Å². The van der Waals surface area contributed by atoms with E-state index in [-0.39, 0.29) is 5.91 Å². The molecule has 3 rings (SSSR count). The van der Waals surface area contributed by atoms with Crippen LogP contribution in [0.15, 0.2) is 48.7 Å². The van der Waals surface area contributed by atoms with Gasteiger partial charge in [0, 0.05) is 12.7 Å². The molecule has 0 fully saturated rings. The van der Waals surface area contributed by atoms with Gasteiger partial charge < -0.3 is 10.6 Å². The van der Waals surface area contributed by atoms with Crippen LogP contribution >= 0.6 is 11.3 Å². The molecule has 0 unspecified atom stereocenters. The Morgan fingerprint density at radius 1 is 1.17 bits per heavy atom. The van der Waals surface area contributed by atoms with Crippen molar-refractivity contribution in [2.75, 3.05) is 5.32 Å². The smallest absolute Gasteiger partial charge is 0.263 e. The van der Waals surface area contributed by atoms with Crippen molar-refractivity contribution in [1.82, 2.24) is 15.3 Å². The number of aryl methyl sites for hydroxylation is 2. The predicted molar refractivity (Wildman–Crippen MR) is 96.7 cm³/mol. The average Bonchev–Trinajstić information content (AvgIpc) is 2.94. The Bertz CT molecular complexity index is 845. The number of amides is 1. The molecule has 0 saturated carbocycles. The van der Waals surface area contributed by atoms with Gasteiger partial charge in [0.05, 0.1) is 5.69 Å². The van der Waals surface area contributed by atoms with E-state index in [1.54, 1.807) is 6.20 Å². The van der Waals surface area contributed by atoms with Crippen LogP contribution in [-0.2, 0) is 6.54 Å². The second-order valence-corrected chi connectivity index (χ2v) is 6.44. The Labute approximate surface area is 144 Å². The van der Waals surface area contributed by atoms with Crippen molar-refractivity contribution in [2.45, 2.75) is 20.4 Å². The van der Waals surface area contributed by atoms with Crippen LogP contribution in [0.5, 0.6) is 0 Å². The summed E-state index contributed by atoms with van der Waals surface area (Å²) in [5, 5.41) is 6.74. The molecule has 5 nitrogen and oxygen atoms in total. The molecule has 1 aromatic carbocycles. The number of benzene rings is 1. The minimum Gasteiger partial charge on any atom is -0.347 e. The summed E-state index contributed by atoms with van der Waals surface area (Å²) in [7, 11) is 0. The van der Waals surface area contributed by atoms with Crippen LogP contribution in [0, 0.1) is 13.8 Å². The van der Waals surface area contributed by atoms with Gasteiger partial charge in [-0.05, 0) is 37.1 Å². The fourth-order valence-corrected chi connectivity index (χ4v) is 3.12. The number of thiazole rings is 1. The van der Waals surface area contributed by atoms with Crippen molar-refractivity contribution in [3.8, 4) is 0 Å². The number of carbonyl (C=O) groups excluding carboxylic acids is 1. The van der Waals surface area contributed by atoms with Gasteiger partial charge in [0.15, 0.2) is 5.13 Å². The van der Waals surface area contributed by atoms with E-state index in [2.05, 4.69) is 20.6 Å². The van der Waals surface area contributed by atoms with Gasteiger partial charge in [-0.1, -0.05) is 41.7 Å². The molecule has 1 amide bonds. The molecule has 0 aliphatic heterocycles. The summed E-state index contributed by atoms with van der Waals surface area (Å²) in [4.78, 5) is 21.7. The third-order valence-electron chi connectivity index (χ3n) is 3.45. The summed E-state index contributed by atoms with van der Waals surface area (Å²) in [6.07, 6.45) is 1.74. The number of aromatic nitrogens is 2. The van der Waals surface area contributed by atoms with E-state index >= 15 is 0 Å². The van der Waals surface area contributed by atoms with Crippen molar-refractivity contribution in [1.29, 1.82) is 0 Å². The molecule has 0 bridgehead atoms. The first-order chi connectivity index (χ1) is 11.6. The SMILES string of the molecule is Cc1ccnc(Nc2nc(C)c(C(=O)NCc3ccccc3)s2)c1. The van der Waals surface area contributed by atoms with Crippen molar-refractivity contribution in [2.24, 2.45) is 0 Å². The Balaban J connectivity index is 1.68. The van der Waals surface area contributed by atoms with Crippen LogP contribution in [0.3, 0.4) is 0 Å². The van der Waals surface area contributed by atoms with Gasteiger partial charge in [0.2, 0.25) is 0 Å². The zero-order valence-corrected chi connectivity index (χ0v) is 14.4. The lowest BCUT2D eigenvalue weighted by atomic mass is 10.2. The quantitative estimate of drug-likeness (QED) is 0.742. The third-order valence-corrected chi connectivity index (χ3v) is 4.52. The van der Waals surface area contributed by atoms with Gasteiger partial charge in [-0.3, -0.25) is 4.79 Å². The maximum atomic E-state index is 12.4. The van der Waals surface area contributed by atoms with Crippen molar-refractivity contribution in [3.05, 3.63) is 70.4 Å². The Morgan fingerprint density at radius 2 is 1.96 bits per heavy atom. The Morgan fingerprint density at radius 3 is 2.71 bits per heavy atom. The van der Waals surface area contributed by atoms with Gasteiger partial charge in [0.25, 0.3) is 5.91 Å². The number of hydrogen-bond donors (Lipinski definition) is 2. The summed E-state index contributed by atoms with van der Waals surface area (Å²) in [6, 6.07) is 13.7. The van der Waals surface area contributed by atoms with Crippen LogP contribution in [-0.4, -0.2) is 15.9 Å². The Kier molecular flexibility index (Phi) is 4.86. The van der Waals surface area contributed by atoms with E-state index in [9.17, 15) is 4.79 Å². The number of carbonyl (C=O) groups is 1. The predicted octanol–water partition coefficient (Wildman–Crippen LogP) is 3.83. The monoisotopic (exact) mass is 338 g/mol. The van der Waals surface area contributed by atoms with Gasteiger partial charge in [-0.15, -0.1) is 0 Å². The summed E-state index contributed by atoms with van der Waals surface area (Å²) >= 11 is 1.33. The number of anilines is 2. The molecule has 24 heavy (non-hydrogen) atoms. The lowest BCUT2D eigenvalue weighted by Crippen LogP contribution is -2.22. The molecule has 6 heteroatoms. The highest BCUT2D eigenvalue weighted by atomic mass is 32.1. The molecule has 3 aromatic rings.